The van der Waals surface area contributed by atoms with Gasteiger partial charge in [0.05, 0.1) is 6.20 Å². The minimum atomic E-state index is -4.70. The van der Waals surface area contributed by atoms with Crippen LogP contribution in [0.1, 0.15) is 5.56 Å². The molecule has 2 N–H and O–H groups in total. The quantitative estimate of drug-likeness (QED) is 0.771. The molecule has 1 aromatic rings. The Labute approximate surface area is 72.3 Å². The monoisotopic (exact) mass is 192 g/mol. The Bertz CT molecular complexity index is 287. The van der Waals surface area contributed by atoms with Gasteiger partial charge in [-0.1, -0.05) is 0 Å². The summed E-state index contributed by atoms with van der Waals surface area (Å²) in [5, 5.41) is 0. The number of hydrogen-bond acceptors (Lipinski definition) is 3. The van der Waals surface area contributed by atoms with E-state index in [0.717, 1.165) is 6.20 Å². The number of rotatable bonds is 2. The second-order valence-corrected chi connectivity index (χ2v) is 2.24. The van der Waals surface area contributed by atoms with Crippen molar-refractivity contribution >= 4 is 0 Å². The van der Waals surface area contributed by atoms with Crippen molar-refractivity contribution in [3.8, 4) is 5.75 Å². The summed E-state index contributed by atoms with van der Waals surface area (Å²) in [5.74, 6) is -0.350. The molecular formula is C7H7F3N2O. The third-order valence-corrected chi connectivity index (χ3v) is 1.32. The molecule has 6 heteroatoms. The van der Waals surface area contributed by atoms with Crippen molar-refractivity contribution in [1.29, 1.82) is 0 Å². The molecule has 0 atom stereocenters. The fraction of sp³-hybridized carbons (Fsp3) is 0.286. The molecule has 0 radical (unpaired) electrons. The van der Waals surface area contributed by atoms with Crippen LogP contribution in [-0.4, -0.2) is 11.3 Å². The fourth-order valence-electron chi connectivity index (χ4n) is 0.794. The van der Waals surface area contributed by atoms with Gasteiger partial charge in [0.1, 0.15) is 0 Å². The van der Waals surface area contributed by atoms with Gasteiger partial charge in [-0.15, -0.1) is 13.2 Å². The van der Waals surface area contributed by atoms with Gasteiger partial charge in [0.15, 0.2) is 5.75 Å². The number of halogens is 3. The molecule has 72 valence electrons. The van der Waals surface area contributed by atoms with Gasteiger partial charge in [0.2, 0.25) is 0 Å². The molecule has 1 rings (SSSR count). The molecule has 0 bridgehead atoms. The summed E-state index contributed by atoms with van der Waals surface area (Å²) < 4.78 is 39.0. The number of nitrogens with two attached hydrogens (primary N) is 1. The van der Waals surface area contributed by atoms with Crippen molar-refractivity contribution in [2.45, 2.75) is 12.9 Å². The Morgan fingerprint density at radius 3 is 2.69 bits per heavy atom. The van der Waals surface area contributed by atoms with Gasteiger partial charge in [-0.3, -0.25) is 4.98 Å². The molecule has 0 aliphatic rings. The van der Waals surface area contributed by atoms with E-state index >= 15 is 0 Å². The zero-order valence-electron chi connectivity index (χ0n) is 6.51. The predicted octanol–water partition coefficient (Wildman–Crippen LogP) is 1.44. The minimum Gasteiger partial charge on any atom is -0.404 e. The molecule has 3 nitrogen and oxygen atoms in total. The summed E-state index contributed by atoms with van der Waals surface area (Å²) >= 11 is 0. The fourth-order valence-corrected chi connectivity index (χ4v) is 0.794. The van der Waals surface area contributed by atoms with Gasteiger partial charge in [0.25, 0.3) is 0 Å². The Morgan fingerprint density at radius 1 is 1.46 bits per heavy atom. The maximum absolute atomic E-state index is 11.8. The number of ether oxygens (including phenoxy) is 1. The first-order chi connectivity index (χ1) is 6.03. The van der Waals surface area contributed by atoms with Crippen molar-refractivity contribution in [2.24, 2.45) is 5.73 Å². The largest absolute Gasteiger partial charge is 0.573 e. The Hall–Kier alpha value is -1.30. The van der Waals surface area contributed by atoms with Crippen LogP contribution >= 0.6 is 0 Å². The number of alkyl halides is 3. The maximum atomic E-state index is 11.8. The second kappa shape index (κ2) is 3.61. The van der Waals surface area contributed by atoms with Crippen LogP contribution in [0.5, 0.6) is 5.75 Å². The van der Waals surface area contributed by atoms with Crippen LogP contribution in [0.15, 0.2) is 18.5 Å². The summed E-state index contributed by atoms with van der Waals surface area (Å²) in [6, 6.07) is 1.38. The molecule has 0 spiro atoms. The van der Waals surface area contributed by atoms with E-state index in [1.807, 2.05) is 0 Å². The van der Waals surface area contributed by atoms with Crippen LogP contribution in [0.2, 0.25) is 0 Å². The zero-order valence-corrected chi connectivity index (χ0v) is 6.51. The van der Waals surface area contributed by atoms with E-state index in [-0.39, 0.29) is 17.9 Å². The highest BCUT2D eigenvalue weighted by molar-refractivity contribution is 5.29. The first-order valence-electron chi connectivity index (χ1n) is 3.41. The molecule has 0 fully saturated rings. The molecule has 0 aromatic carbocycles. The van der Waals surface area contributed by atoms with Crippen molar-refractivity contribution in [2.75, 3.05) is 0 Å². The average molecular weight is 192 g/mol. The normalized spacial score (nSPS) is 11.4. The van der Waals surface area contributed by atoms with Gasteiger partial charge < -0.3 is 10.5 Å². The molecule has 13 heavy (non-hydrogen) atoms. The lowest BCUT2D eigenvalue weighted by Crippen LogP contribution is -2.18. The highest BCUT2D eigenvalue weighted by Gasteiger charge is 2.31. The summed E-state index contributed by atoms with van der Waals surface area (Å²) in [6.45, 7) is -0.0199. The second-order valence-electron chi connectivity index (χ2n) is 2.24. The third kappa shape index (κ3) is 2.90. The average Bonchev–Trinajstić information content (AvgIpc) is 2.02. The van der Waals surface area contributed by atoms with E-state index in [2.05, 4.69) is 9.72 Å². The summed E-state index contributed by atoms with van der Waals surface area (Å²) in [7, 11) is 0. The van der Waals surface area contributed by atoms with Gasteiger partial charge >= 0.3 is 6.36 Å². The molecule has 0 aliphatic heterocycles. The van der Waals surface area contributed by atoms with Gasteiger partial charge in [0, 0.05) is 18.3 Å². The Kier molecular flexibility index (Phi) is 2.72. The first-order valence-corrected chi connectivity index (χ1v) is 3.41. The summed E-state index contributed by atoms with van der Waals surface area (Å²) in [4.78, 5) is 3.50. The van der Waals surface area contributed by atoms with Crippen molar-refractivity contribution in [1.82, 2.24) is 4.98 Å². The van der Waals surface area contributed by atoms with Crippen LogP contribution < -0.4 is 10.5 Å². The van der Waals surface area contributed by atoms with Crippen molar-refractivity contribution in [3.63, 3.8) is 0 Å². The molecule has 0 saturated carbocycles. The van der Waals surface area contributed by atoms with Crippen LogP contribution in [0.4, 0.5) is 13.2 Å². The lowest BCUT2D eigenvalue weighted by Gasteiger charge is -2.10. The smallest absolute Gasteiger partial charge is 0.404 e. The van der Waals surface area contributed by atoms with E-state index in [0.29, 0.717) is 0 Å². The van der Waals surface area contributed by atoms with Crippen molar-refractivity contribution in [3.05, 3.63) is 24.0 Å². The van der Waals surface area contributed by atoms with E-state index < -0.39 is 6.36 Å². The standard InChI is InChI=1S/C7H7F3N2O/c8-7(9,10)13-6-4-12-2-1-5(6)3-11/h1-2,4H,3,11H2. The lowest BCUT2D eigenvalue weighted by molar-refractivity contribution is -0.275. The number of aromatic nitrogens is 1. The van der Waals surface area contributed by atoms with Crippen molar-refractivity contribution < 1.29 is 17.9 Å². The van der Waals surface area contributed by atoms with E-state index in [1.54, 1.807) is 0 Å². The molecule has 0 aliphatic carbocycles. The lowest BCUT2D eigenvalue weighted by atomic mass is 10.2. The zero-order chi connectivity index (χ0) is 9.90. The number of nitrogens with zero attached hydrogens (tertiary/aromatic N) is 1. The molecule has 0 amide bonds. The van der Waals surface area contributed by atoms with Gasteiger partial charge in [-0.05, 0) is 6.07 Å². The van der Waals surface area contributed by atoms with Crippen LogP contribution in [-0.2, 0) is 6.54 Å². The molecule has 0 unspecified atom stereocenters. The molecule has 1 aromatic heterocycles. The van der Waals surface area contributed by atoms with Gasteiger partial charge in [-0.25, -0.2) is 0 Å². The van der Waals surface area contributed by atoms with Crippen LogP contribution in [0.25, 0.3) is 0 Å². The van der Waals surface area contributed by atoms with Gasteiger partial charge in [-0.2, -0.15) is 0 Å². The summed E-state index contributed by atoms with van der Waals surface area (Å²) in [5.41, 5.74) is 5.47. The Balaban J connectivity index is 2.87. The molecular weight excluding hydrogens is 185 g/mol. The van der Waals surface area contributed by atoms with E-state index in [9.17, 15) is 13.2 Å². The topological polar surface area (TPSA) is 48.1 Å². The highest BCUT2D eigenvalue weighted by atomic mass is 19.4. The highest BCUT2D eigenvalue weighted by Crippen LogP contribution is 2.24. The SMILES string of the molecule is NCc1ccncc1OC(F)(F)F. The molecule has 1 heterocycles. The molecule has 0 saturated heterocycles. The number of hydrogen-bond donors (Lipinski definition) is 1. The summed E-state index contributed by atoms with van der Waals surface area (Å²) in [6.07, 6.45) is -2.37. The Morgan fingerprint density at radius 2 is 2.15 bits per heavy atom. The minimum absolute atomic E-state index is 0.0199. The first kappa shape index (κ1) is 9.79. The van der Waals surface area contributed by atoms with Crippen LogP contribution in [0, 0.1) is 0 Å². The predicted molar refractivity (Wildman–Crippen MR) is 38.8 cm³/mol. The maximum Gasteiger partial charge on any atom is 0.573 e. The van der Waals surface area contributed by atoms with E-state index in [4.69, 9.17) is 5.73 Å². The van der Waals surface area contributed by atoms with E-state index in [1.165, 1.54) is 12.3 Å². The third-order valence-electron chi connectivity index (χ3n) is 1.32. The number of pyridine rings is 1. The van der Waals surface area contributed by atoms with Crippen LogP contribution in [0.3, 0.4) is 0 Å².